The van der Waals surface area contributed by atoms with Crippen LogP contribution >= 0.6 is 0 Å². The number of carbonyl (C=O) groups is 2. The second kappa shape index (κ2) is 14.7. The van der Waals surface area contributed by atoms with Crippen molar-refractivity contribution in [2.24, 2.45) is 0 Å². The minimum absolute atomic E-state index is 0.0553. The van der Waals surface area contributed by atoms with Crippen molar-refractivity contribution in [2.75, 3.05) is 30.3 Å². The number of amides is 3. The van der Waals surface area contributed by atoms with E-state index in [4.69, 9.17) is 9.47 Å². The molecule has 0 aromatic heterocycles. The van der Waals surface area contributed by atoms with Gasteiger partial charge in [0.05, 0.1) is 0 Å². The summed E-state index contributed by atoms with van der Waals surface area (Å²) >= 11 is 0. The van der Waals surface area contributed by atoms with Gasteiger partial charge in [-0.1, -0.05) is 13.3 Å². The van der Waals surface area contributed by atoms with Gasteiger partial charge in [0.25, 0.3) is 5.91 Å². The molecule has 0 atom stereocenters. The molecule has 0 radical (unpaired) electrons. The number of hydrogen-bond acceptors (Lipinski definition) is 5. The van der Waals surface area contributed by atoms with Gasteiger partial charge in [0.2, 0.25) is 0 Å². The Bertz CT molecular complexity index is 1310. The number of benzene rings is 3. The Labute approximate surface area is 249 Å². The number of urea groups is 1. The number of hydrogen-bond donors (Lipinski definition) is 3. The molecule has 8 nitrogen and oxygen atoms in total. The Morgan fingerprint density at radius 1 is 0.881 bits per heavy atom. The topological polar surface area (TPSA) is 91.9 Å². The Hall–Kier alpha value is -4.04. The highest BCUT2D eigenvalue weighted by molar-refractivity contribution is 6.04. The molecule has 0 bridgehead atoms. The molecule has 1 aliphatic rings. The number of unbranched alkanes of at least 4 members (excludes halogenated alkanes) is 1. The third-order valence-electron chi connectivity index (χ3n) is 7.25. The third kappa shape index (κ3) is 8.98. The van der Waals surface area contributed by atoms with Gasteiger partial charge in [-0.3, -0.25) is 4.79 Å². The largest absolute Gasteiger partial charge is 0.490 e. The van der Waals surface area contributed by atoms with E-state index >= 15 is 0 Å². The molecule has 0 spiro atoms. The highest BCUT2D eigenvalue weighted by atomic mass is 16.5. The average molecular weight is 573 g/mol. The van der Waals surface area contributed by atoms with Gasteiger partial charge in [0.1, 0.15) is 23.4 Å². The van der Waals surface area contributed by atoms with Gasteiger partial charge < -0.3 is 30.3 Å². The Kier molecular flexibility index (Phi) is 10.8. The van der Waals surface area contributed by atoms with Crippen LogP contribution in [0.5, 0.6) is 17.2 Å². The number of rotatable bonds is 11. The van der Waals surface area contributed by atoms with Gasteiger partial charge >= 0.3 is 6.03 Å². The third-order valence-corrected chi connectivity index (χ3v) is 7.25. The molecule has 3 amide bonds. The van der Waals surface area contributed by atoms with E-state index < -0.39 is 0 Å². The molecular formula is C34H44N4O4. The monoisotopic (exact) mass is 572 g/mol. The summed E-state index contributed by atoms with van der Waals surface area (Å²) in [4.78, 5) is 27.4. The summed E-state index contributed by atoms with van der Waals surface area (Å²) in [5.74, 6) is 2.00. The van der Waals surface area contributed by atoms with E-state index in [0.717, 1.165) is 48.6 Å². The molecule has 4 rings (SSSR count). The lowest BCUT2D eigenvalue weighted by molar-refractivity contribution is 0.0996. The fourth-order valence-corrected chi connectivity index (χ4v) is 5.05. The predicted molar refractivity (Wildman–Crippen MR) is 169 cm³/mol. The van der Waals surface area contributed by atoms with Crippen molar-refractivity contribution in [3.63, 3.8) is 0 Å². The molecule has 3 aromatic rings. The van der Waals surface area contributed by atoms with Crippen molar-refractivity contribution in [3.05, 3.63) is 77.4 Å². The molecule has 1 aliphatic heterocycles. The van der Waals surface area contributed by atoms with Crippen LogP contribution < -0.4 is 25.4 Å². The van der Waals surface area contributed by atoms with Gasteiger partial charge in [0.15, 0.2) is 0 Å². The summed E-state index contributed by atoms with van der Waals surface area (Å²) in [6.07, 6.45) is 4.76. The molecule has 42 heavy (non-hydrogen) atoms. The molecule has 3 N–H and O–H groups in total. The van der Waals surface area contributed by atoms with Crippen molar-refractivity contribution in [1.29, 1.82) is 0 Å². The number of likely N-dealkylation sites (tertiary alicyclic amines) is 1. The molecule has 0 saturated carbocycles. The predicted octanol–water partition coefficient (Wildman–Crippen LogP) is 7.52. The zero-order valence-corrected chi connectivity index (χ0v) is 25.5. The van der Waals surface area contributed by atoms with Crippen LogP contribution in [0.25, 0.3) is 0 Å². The van der Waals surface area contributed by atoms with Gasteiger partial charge in [-0.25, -0.2) is 4.79 Å². The zero-order chi connectivity index (χ0) is 30.1. The first kappa shape index (κ1) is 30.9. The maximum Gasteiger partial charge on any atom is 0.319 e. The molecular weight excluding hydrogens is 528 g/mol. The fraction of sp³-hybridized carbons (Fsp3) is 0.412. The molecule has 0 aliphatic carbocycles. The van der Waals surface area contributed by atoms with Gasteiger partial charge in [0, 0.05) is 36.1 Å². The first-order valence-corrected chi connectivity index (χ1v) is 15.0. The lowest BCUT2D eigenvalue weighted by Gasteiger charge is -2.32. The van der Waals surface area contributed by atoms with Crippen LogP contribution in [0.2, 0.25) is 0 Å². The normalized spacial score (nSPS) is 14.0. The molecule has 8 heteroatoms. The maximum atomic E-state index is 13.0. The smallest absolute Gasteiger partial charge is 0.319 e. The van der Waals surface area contributed by atoms with Crippen molar-refractivity contribution < 1.29 is 19.1 Å². The number of anilines is 2. The molecule has 3 aromatic carbocycles. The van der Waals surface area contributed by atoms with Crippen LogP contribution in [0.3, 0.4) is 0 Å². The van der Waals surface area contributed by atoms with Crippen molar-refractivity contribution in [1.82, 2.24) is 10.2 Å². The quantitative estimate of drug-likeness (QED) is 0.221. The number of piperidine rings is 1. The molecule has 1 fully saturated rings. The lowest BCUT2D eigenvalue weighted by Crippen LogP contribution is -2.38. The van der Waals surface area contributed by atoms with Gasteiger partial charge in [-0.2, -0.15) is 0 Å². The molecule has 1 saturated heterocycles. The van der Waals surface area contributed by atoms with E-state index in [9.17, 15) is 9.59 Å². The van der Waals surface area contributed by atoms with E-state index in [1.165, 1.54) is 19.4 Å². The summed E-state index contributed by atoms with van der Waals surface area (Å²) in [5, 5.41) is 8.60. The van der Waals surface area contributed by atoms with E-state index in [1.54, 1.807) is 12.1 Å². The SMILES string of the molecule is CCCCN1CCC(Oc2ccc(C(=O)Nc3cc(C)c(Oc4ccc(NC(=O)NC(C)C)cc4)c(C)c3)cc2)CC1. The Morgan fingerprint density at radius 2 is 1.50 bits per heavy atom. The number of carbonyl (C=O) groups excluding carboxylic acids is 2. The van der Waals surface area contributed by atoms with Crippen LogP contribution in [-0.2, 0) is 0 Å². The first-order chi connectivity index (χ1) is 20.2. The van der Waals surface area contributed by atoms with Crippen LogP contribution in [0.15, 0.2) is 60.7 Å². The van der Waals surface area contributed by atoms with E-state index in [2.05, 4.69) is 27.8 Å². The summed E-state index contributed by atoms with van der Waals surface area (Å²) in [5.41, 5.74) is 3.74. The van der Waals surface area contributed by atoms with Crippen molar-refractivity contribution in [3.8, 4) is 17.2 Å². The minimum atomic E-state index is -0.249. The summed E-state index contributed by atoms with van der Waals surface area (Å²) in [6.45, 7) is 13.3. The van der Waals surface area contributed by atoms with Crippen LogP contribution in [0.4, 0.5) is 16.2 Å². The highest BCUT2D eigenvalue weighted by Crippen LogP contribution is 2.32. The molecule has 1 heterocycles. The van der Waals surface area contributed by atoms with E-state index in [1.807, 2.05) is 76.2 Å². The fourth-order valence-electron chi connectivity index (χ4n) is 5.05. The standard InChI is InChI=1S/C34H44N4O4/c1-6-7-18-38-19-16-31(17-20-38)41-29-12-8-26(9-13-29)33(39)36-28-21-24(4)32(25(5)22-28)42-30-14-10-27(11-15-30)37-34(40)35-23(2)3/h8-15,21-23,31H,6-7,16-20H2,1-5H3,(H,36,39)(H2,35,37,40). The van der Waals surface area contributed by atoms with Crippen LogP contribution in [0.1, 0.15) is 67.9 Å². The first-order valence-electron chi connectivity index (χ1n) is 15.0. The lowest BCUT2D eigenvalue weighted by atomic mass is 10.1. The highest BCUT2D eigenvalue weighted by Gasteiger charge is 2.20. The second-order valence-electron chi connectivity index (χ2n) is 11.3. The van der Waals surface area contributed by atoms with E-state index in [-0.39, 0.29) is 24.1 Å². The number of nitrogens with one attached hydrogen (secondary N) is 3. The summed E-state index contributed by atoms with van der Waals surface area (Å²) < 4.78 is 12.3. The number of nitrogens with zero attached hydrogens (tertiary/aromatic N) is 1. The van der Waals surface area contributed by atoms with Crippen molar-refractivity contribution in [2.45, 2.75) is 72.4 Å². The Morgan fingerprint density at radius 3 is 2.10 bits per heavy atom. The number of ether oxygens (including phenoxy) is 2. The van der Waals surface area contributed by atoms with Crippen LogP contribution in [-0.4, -0.2) is 48.6 Å². The minimum Gasteiger partial charge on any atom is -0.490 e. The summed E-state index contributed by atoms with van der Waals surface area (Å²) in [6, 6.07) is 18.2. The zero-order valence-electron chi connectivity index (χ0n) is 25.5. The molecule has 224 valence electrons. The average Bonchev–Trinajstić information content (AvgIpc) is 2.95. The van der Waals surface area contributed by atoms with Gasteiger partial charge in [-0.15, -0.1) is 0 Å². The van der Waals surface area contributed by atoms with Crippen LogP contribution in [0, 0.1) is 13.8 Å². The Balaban J connectivity index is 1.30. The summed E-state index contributed by atoms with van der Waals surface area (Å²) in [7, 11) is 0. The molecule has 0 unspecified atom stereocenters. The van der Waals surface area contributed by atoms with Gasteiger partial charge in [-0.05, 0) is 125 Å². The van der Waals surface area contributed by atoms with E-state index in [0.29, 0.717) is 22.7 Å². The number of aryl methyl sites for hydroxylation is 2. The second-order valence-corrected chi connectivity index (χ2v) is 11.3. The maximum absolute atomic E-state index is 13.0. The van der Waals surface area contributed by atoms with Crippen molar-refractivity contribution >= 4 is 23.3 Å².